The molecule has 2 aromatic carbocycles. The molecule has 1 saturated carbocycles. The molecule has 174 valence electrons. The second kappa shape index (κ2) is 9.30. The Labute approximate surface area is 197 Å². The number of nitrogens with one attached hydrogen (secondary N) is 1. The Morgan fingerprint density at radius 1 is 1.00 bits per heavy atom. The number of carbonyl (C=O) groups is 2. The van der Waals surface area contributed by atoms with Gasteiger partial charge in [-0.15, -0.1) is 0 Å². The molecule has 2 aliphatic heterocycles. The largest absolute Gasteiger partial charge is 0.352 e. The van der Waals surface area contributed by atoms with E-state index in [0.29, 0.717) is 18.9 Å². The molecule has 1 atom stereocenters. The summed E-state index contributed by atoms with van der Waals surface area (Å²) in [5, 5.41) is 3.04. The van der Waals surface area contributed by atoms with Crippen molar-refractivity contribution in [3.05, 3.63) is 65.7 Å². The lowest BCUT2D eigenvalue weighted by Gasteiger charge is -2.40. The summed E-state index contributed by atoms with van der Waals surface area (Å²) in [5.41, 5.74) is 3.35. The van der Waals surface area contributed by atoms with E-state index in [4.69, 9.17) is 0 Å². The van der Waals surface area contributed by atoms with Crippen LogP contribution >= 0.6 is 0 Å². The lowest BCUT2D eigenvalue weighted by molar-refractivity contribution is -0.129. The predicted octanol–water partition coefficient (Wildman–Crippen LogP) is 4.48. The highest BCUT2D eigenvalue weighted by Gasteiger charge is 2.48. The molecule has 2 saturated heterocycles. The van der Waals surface area contributed by atoms with Crippen LogP contribution in [0.5, 0.6) is 0 Å². The quantitative estimate of drug-likeness (QED) is 0.684. The average molecular weight is 446 g/mol. The minimum atomic E-state index is -0.221. The van der Waals surface area contributed by atoms with Gasteiger partial charge in [0, 0.05) is 31.2 Å². The van der Waals surface area contributed by atoms with Crippen LogP contribution in [0.2, 0.25) is 0 Å². The van der Waals surface area contributed by atoms with Crippen molar-refractivity contribution in [3.63, 3.8) is 0 Å². The maximum atomic E-state index is 13.4. The van der Waals surface area contributed by atoms with Crippen molar-refractivity contribution in [2.75, 3.05) is 24.5 Å². The van der Waals surface area contributed by atoms with E-state index in [-0.39, 0.29) is 17.4 Å². The molecule has 1 spiro atoms. The number of amides is 2. The van der Waals surface area contributed by atoms with Gasteiger partial charge in [0.25, 0.3) is 0 Å². The van der Waals surface area contributed by atoms with Crippen LogP contribution in [0.3, 0.4) is 0 Å². The van der Waals surface area contributed by atoms with Crippen LogP contribution < -0.4 is 10.2 Å². The second-order valence-corrected chi connectivity index (χ2v) is 10.2. The van der Waals surface area contributed by atoms with Crippen molar-refractivity contribution < 1.29 is 9.59 Å². The fraction of sp³-hybridized carbons (Fsp3) is 0.500. The second-order valence-electron chi connectivity index (χ2n) is 10.2. The third-order valence-electron chi connectivity index (χ3n) is 7.96. The Kier molecular flexibility index (Phi) is 6.24. The molecular formula is C28H35N3O2. The summed E-state index contributed by atoms with van der Waals surface area (Å²) < 4.78 is 0. The smallest absolute Gasteiger partial charge is 0.233 e. The van der Waals surface area contributed by atoms with E-state index in [0.717, 1.165) is 56.1 Å². The minimum Gasteiger partial charge on any atom is -0.352 e. The molecule has 0 radical (unpaired) electrons. The molecule has 1 aliphatic carbocycles. The number of carbonyl (C=O) groups excluding carboxylic acids is 2. The van der Waals surface area contributed by atoms with Gasteiger partial charge >= 0.3 is 0 Å². The number of benzene rings is 2. The SMILES string of the molecule is CC(CC(=O)NCc1ccccc1)N1CCC2(CCN(c3ccc(C4CC4)cc3)C2=O)CC1. The highest BCUT2D eigenvalue weighted by molar-refractivity contribution is 6.00. The summed E-state index contributed by atoms with van der Waals surface area (Å²) in [6, 6.07) is 18.9. The molecule has 2 heterocycles. The first-order valence-electron chi connectivity index (χ1n) is 12.5. The van der Waals surface area contributed by atoms with E-state index in [2.05, 4.69) is 41.4 Å². The Bertz CT molecular complexity index is 976. The molecule has 5 heteroatoms. The average Bonchev–Trinajstić information content (AvgIpc) is 3.65. The summed E-state index contributed by atoms with van der Waals surface area (Å²) in [5.74, 6) is 1.13. The molecule has 5 nitrogen and oxygen atoms in total. The number of nitrogens with zero attached hydrogens (tertiary/aromatic N) is 2. The Balaban J connectivity index is 1.11. The molecular weight excluding hydrogens is 410 g/mol. The van der Waals surface area contributed by atoms with E-state index in [1.807, 2.05) is 35.2 Å². The van der Waals surface area contributed by atoms with Gasteiger partial charge < -0.3 is 15.1 Å². The van der Waals surface area contributed by atoms with Crippen LogP contribution in [0.15, 0.2) is 54.6 Å². The standard InChI is InChI=1S/C28H35N3O2/c1-21(19-26(32)29-20-22-5-3-2-4-6-22)30-16-13-28(14-17-30)15-18-31(27(28)33)25-11-9-24(10-12-25)23-7-8-23/h2-6,9-12,21,23H,7-8,13-20H2,1H3,(H,29,32). The van der Waals surface area contributed by atoms with Crippen LogP contribution in [0.25, 0.3) is 0 Å². The molecule has 2 amide bonds. The fourth-order valence-corrected chi connectivity index (χ4v) is 5.53. The molecule has 3 fully saturated rings. The highest BCUT2D eigenvalue weighted by Crippen LogP contribution is 2.44. The van der Waals surface area contributed by atoms with Crippen LogP contribution in [-0.2, 0) is 16.1 Å². The summed E-state index contributed by atoms with van der Waals surface area (Å²) >= 11 is 0. The maximum Gasteiger partial charge on any atom is 0.233 e. The van der Waals surface area contributed by atoms with Gasteiger partial charge in [0.2, 0.25) is 11.8 Å². The minimum absolute atomic E-state index is 0.0874. The zero-order valence-electron chi connectivity index (χ0n) is 19.6. The zero-order valence-corrected chi connectivity index (χ0v) is 19.6. The molecule has 1 N–H and O–H groups in total. The summed E-state index contributed by atoms with van der Waals surface area (Å²) in [6.45, 7) is 5.28. The van der Waals surface area contributed by atoms with E-state index >= 15 is 0 Å². The monoisotopic (exact) mass is 445 g/mol. The predicted molar refractivity (Wildman–Crippen MR) is 131 cm³/mol. The number of anilines is 1. The van der Waals surface area contributed by atoms with Gasteiger partial charge in [0.1, 0.15) is 0 Å². The highest BCUT2D eigenvalue weighted by atomic mass is 16.2. The maximum absolute atomic E-state index is 13.4. The van der Waals surface area contributed by atoms with Gasteiger partial charge in [0.15, 0.2) is 0 Å². The molecule has 0 bridgehead atoms. The first-order chi connectivity index (χ1) is 16.0. The van der Waals surface area contributed by atoms with Crippen molar-refractivity contribution >= 4 is 17.5 Å². The lowest BCUT2D eigenvalue weighted by atomic mass is 9.76. The lowest BCUT2D eigenvalue weighted by Crippen LogP contribution is -2.48. The van der Waals surface area contributed by atoms with Crippen LogP contribution in [-0.4, -0.2) is 42.4 Å². The molecule has 5 rings (SSSR count). The summed E-state index contributed by atoms with van der Waals surface area (Å²) in [6.07, 6.45) is 5.81. The van der Waals surface area contributed by atoms with Crippen molar-refractivity contribution in [1.82, 2.24) is 10.2 Å². The van der Waals surface area contributed by atoms with Crippen molar-refractivity contribution in [1.29, 1.82) is 0 Å². The van der Waals surface area contributed by atoms with Crippen molar-refractivity contribution in [2.45, 2.75) is 64.0 Å². The van der Waals surface area contributed by atoms with Crippen LogP contribution in [0.1, 0.15) is 62.5 Å². The van der Waals surface area contributed by atoms with Crippen molar-refractivity contribution in [2.24, 2.45) is 5.41 Å². The third-order valence-corrected chi connectivity index (χ3v) is 7.96. The van der Waals surface area contributed by atoms with Crippen LogP contribution in [0.4, 0.5) is 5.69 Å². The molecule has 0 aromatic heterocycles. The zero-order chi connectivity index (χ0) is 22.8. The van der Waals surface area contributed by atoms with Gasteiger partial charge in [-0.05, 0) is 81.3 Å². The Morgan fingerprint density at radius 3 is 2.33 bits per heavy atom. The number of hydrogen-bond donors (Lipinski definition) is 1. The first-order valence-corrected chi connectivity index (χ1v) is 12.5. The first kappa shape index (κ1) is 22.1. The van der Waals surface area contributed by atoms with Crippen LogP contribution in [0, 0.1) is 5.41 Å². The van der Waals surface area contributed by atoms with E-state index in [1.54, 1.807) is 0 Å². The fourth-order valence-electron chi connectivity index (χ4n) is 5.53. The number of piperidine rings is 1. The number of rotatable bonds is 7. The topological polar surface area (TPSA) is 52.7 Å². The van der Waals surface area contributed by atoms with Gasteiger partial charge in [-0.1, -0.05) is 42.5 Å². The van der Waals surface area contributed by atoms with Gasteiger partial charge in [0.05, 0.1) is 5.41 Å². The Morgan fingerprint density at radius 2 is 1.67 bits per heavy atom. The van der Waals surface area contributed by atoms with Gasteiger partial charge in [-0.3, -0.25) is 9.59 Å². The Hall–Kier alpha value is -2.66. The number of likely N-dealkylation sites (tertiary alicyclic amines) is 1. The third kappa shape index (κ3) is 4.84. The summed E-state index contributed by atoms with van der Waals surface area (Å²) in [4.78, 5) is 30.3. The number of hydrogen-bond acceptors (Lipinski definition) is 3. The van der Waals surface area contributed by atoms with E-state index in [9.17, 15) is 9.59 Å². The molecule has 33 heavy (non-hydrogen) atoms. The molecule has 1 unspecified atom stereocenters. The summed E-state index contributed by atoms with van der Waals surface area (Å²) in [7, 11) is 0. The van der Waals surface area contributed by atoms with E-state index < -0.39 is 0 Å². The molecule has 2 aromatic rings. The van der Waals surface area contributed by atoms with E-state index in [1.165, 1.54) is 18.4 Å². The van der Waals surface area contributed by atoms with Gasteiger partial charge in [-0.2, -0.15) is 0 Å². The van der Waals surface area contributed by atoms with Crippen molar-refractivity contribution in [3.8, 4) is 0 Å². The molecule has 3 aliphatic rings. The van der Waals surface area contributed by atoms with Gasteiger partial charge in [-0.25, -0.2) is 0 Å². The normalized spacial score (nSPS) is 21.4.